The Morgan fingerprint density at radius 1 is 1.36 bits per heavy atom. The van der Waals surface area contributed by atoms with Crippen molar-refractivity contribution < 1.29 is 14.7 Å². The van der Waals surface area contributed by atoms with E-state index in [1.165, 1.54) is 6.08 Å². The number of rotatable bonds is 6. The van der Waals surface area contributed by atoms with Gasteiger partial charge < -0.3 is 10.4 Å². The molecule has 0 radical (unpaired) electrons. The van der Waals surface area contributed by atoms with Crippen molar-refractivity contribution in [3.63, 3.8) is 0 Å². The van der Waals surface area contributed by atoms with Gasteiger partial charge in [-0.2, -0.15) is 5.10 Å². The van der Waals surface area contributed by atoms with E-state index in [1.807, 2.05) is 6.92 Å². The molecule has 1 aromatic heterocycles. The van der Waals surface area contributed by atoms with E-state index in [1.54, 1.807) is 10.8 Å². The quantitative estimate of drug-likeness (QED) is 0.754. The smallest absolute Gasteiger partial charge is 0.329 e. The van der Waals surface area contributed by atoms with Crippen molar-refractivity contribution in [2.75, 3.05) is 0 Å². The van der Waals surface area contributed by atoms with E-state index in [0.717, 1.165) is 25.0 Å². The highest BCUT2D eigenvalue weighted by Gasteiger charge is 2.40. The van der Waals surface area contributed by atoms with Crippen LogP contribution >= 0.6 is 11.6 Å². The van der Waals surface area contributed by atoms with Crippen LogP contribution < -0.4 is 5.32 Å². The van der Waals surface area contributed by atoms with Crippen molar-refractivity contribution in [3.8, 4) is 0 Å². The molecule has 1 aliphatic rings. The van der Waals surface area contributed by atoms with Crippen LogP contribution in [-0.4, -0.2) is 32.3 Å². The average Bonchev–Trinajstić information content (AvgIpc) is 2.79. The molecular weight excluding hydrogens is 342 g/mol. The van der Waals surface area contributed by atoms with Gasteiger partial charge in [0.15, 0.2) is 0 Å². The van der Waals surface area contributed by atoms with Crippen LogP contribution in [0.25, 0.3) is 6.08 Å². The zero-order valence-corrected chi connectivity index (χ0v) is 15.8. The van der Waals surface area contributed by atoms with Crippen LogP contribution in [-0.2, 0) is 16.1 Å². The first kappa shape index (κ1) is 19.5. The first-order valence-corrected chi connectivity index (χ1v) is 9.09. The second-order valence-corrected chi connectivity index (χ2v) is 7.49. The van der Waals surface area contributed by atoms with E-state index in [2.05, 4.69) is 24.3 Å². The van der Waals surface area contributed by atoms with Gasteiger partial charge in [0.2, 0.25) is 5.91 Å². The molecule has 0 spiro atoms. The maximum Gasteiger partial charge on any atom is 0.329 e. The van der Waals surface area contributed by atoms with Gasteiger partial charge in [0.05, 0.1) is 5.69 Å². The lowest BCUT2D eigenvalue weighted by molar-refractivity contribution is -0.148. The third kappa shape index (κ3) is 4.63. The van der Waals surface area contributed by atoms with E-state index in [9.17, 15) is 14.7 Å². The van der Waals surface area contributed by atoms with Gasteiger partial charge in [0.25, 0.3) is 0 Å². The van der Waals surface area contributed by atoms with E-state index < -0.39 is 17.4 Å². The summed E-state index contributed by atoms with van der Waals surface area (Å²) in [4.78, 5) is 23.9. The summed E-state index contributed by atoms with van der Waals surface area (Å²) >= 11 is 6.35. The van der Waals surface area contributed by atoms with E-state index in [0.29, 0.717) is 36.0 Å². The average molecular weight is 368 g/mol. The molecule has 0 bridgehead atoms. The van der Waals surface area contributed by atoms with Gasteiger partial charge >= 0.3 is 5.97 Å². The number of carbonyl (C=O) groups excluding carboxylic acids is 1. The number of nitrogens with zero attached hydrogens (tertiary/aromatic N) is 2. The summed E-state index contributed by atoms with van der Waals surface area (Å²) in [5.74, 6) is -0.983. The standard InChI is InChI=1S/C18H26ClN3O3/c1-12(2)11-22-16(19)14(13(3)21-22)7-8-15(23)20-18(17(24)25)9-5-4-6-10-18/h7-8,12H,4-6,9-11H2,1-3H3,(H,20,23)(H,24,25). The summed E-state index contributed by atoms with van der Waals surface area (Å²) in [5, 5.41) is 17.1. The summed E-state index contributed by atoms with van der Waals surface area (Å²) in [6.45, 7) is 6.68. The van der Waals surface area contributed by atoms with Gasteiger partial charge in [-0.3, -0.25) is 9.48 Å². The van der Waals surface area contributed by atoms with Gasteiger partial charge in [0, 0.05) is 18.2 Å². The van der Waals surface area contributed by atoms with Crippen molar-refractivity contribution in [3.05, 3.63) is 22.5 Å². The molecule has 0 atom stereocenters. The van der Waals surface area contributed by atoms with Crippen molar-refractivity contribution in [1.82, 2.24) is 15.1 Å². The molecular formula is C18H26ClN3O3. The Hall–Kier alpha value is -1.82. The second kappa shape index (κ2) is 8.04. The number of carboxylic acids is 1. The lowest BCUT2D eigenvalue weighted by Crippen LogP contribution is -2.55. The number of hydrogen-bond acceptors (Lipinski definition) is 3. The number of hydrogen-bond donors (Lipinski definition) is 2. The minimum atomic E-state index is -1.15. The number of halogens is 1. The van der Waals surface area contributed by atoms with E-state index in [-0.39, 0.29) is 0 Å². The molecule has 7 heteroatoms. The van der Waals surface area contributed by atoms with E-state index >= 15 is 0 Å². The van der Waals surface area contributed by atoms with Crippen LogP contribution in [0.1, 0.15) is 57.2 Å². The fourth-order valence-electron chi connectivity index (χ4n) is 3.21. The fraction of sp³-hybridized carbons (Fsp3) is 0.611. The summed E-state index contributed by atoms with van der Waals surface area (Å²) < 4.78 is 1.72. The largest absolute Gasteiger partial charge is 0.480 e. The van der Waals surface area contributed by atoms with Crippen LogP contribution in [0.2, 0.25) is 5.15 Å². The monoisotopic (exact) mass is 367 g/mol. The summed E-state index contributed by atoms with van der Waals surface area (Å²) in [6.07, 6.45) is 6.50. The first-order chi connectivity index (χ1) is 11.7. The van der Waals surface area contributed by atoms with Gasteiger partial charge in [-0.15, -0.1) is 0 Å². The van der Waals surface area contributed by atoms with Crippen molar-refractivity contribution in [1.29, 1.82) is 0 Å². The van der Waals surface area contributed by atoms with E-state index in [4.69, 9.17) is 11.6 Å². The van der Waals surface area contributed by atoms with Gasteiger partial charge in [-0.05, 0) is 31.8 Å². The molecule has 0 saturated heterocycles. The van der Waals surface area contributed by atoms with Crippen LogP contribution in [0.3, 0.4) is 0 Å². The third-order valence-electron chi connectivity index (χ3n) is 4.53. The third-order valence-corrected chi connectivity index (χ3v) is 4.93. The number of aromatic nitrogens is 2. The predicted octanol–water partition coefficient (Wildman–Crippen LogP) is 3.42. The number of carbonyl (C=O) groups is 2. The van der Waals surface area contributed by atoms with Gasteiger partial charge in [0.1, 0.15) is 10.7 Å². The predicted molar refractivity (Wildman–Crippen MR) is 97.4 cm³/mol. The molecule has 0 aromatic carbocycles. The van der Waals surface area contributed by atoms with Gasteiger partial charge in [-0.1, -0.05) is 44.7 Å². The highest BCUT2D eigenvalue weighted by molar-refractivity contribution is 6.31. The topological polar surface area (TPSA) is 84.2 Å². The van der Waals surface area contributed by atoms with Crippen molar-refractivity contribution >= 4 is 29.6 Å². The maximum absolute atomic E-state index is 12.3. The molecule has 2 rings (SSSR count). The molecule has 1 aromatic rings. The Balaban J connectivity index is 2.12. The molecule has 0 aliphatic heterocycles. The highest BCUT2D eigenvalue weighted by Crippen LogP contribution is 2.28. The Morgan fingerprint density at radius 2 is 2.00 bits per heavy atom. The van der Waals surface area contributed by atoms with Crippen LogP contribution in [0, 0.1) is 12.8 Å². The Kier molecular flexibility index (Phi) is 6.27. The van der Waals surface area contributed by atoms with Crippen molar-refractivity contribution in [2.24, 2.45) is 5.92 Å². The second-order valence-electron chi connectivity index (χ2n) is 7.14. The first-order valence-electron chi connectivity index (χ1n) is 8.72. The zero-order valence-electron chi connectivity index (χ0n) is 15.0. The molecule has 25 heavy (non-hydrogen) atoms. The Morgan fingerprint density at radius 3 is 2.56 bits per heavy atom. The number of carboxylic acid groups (broad SMARTS) is 1. The molecule has 0 unspecified atom stereocenters. The van der Waals surface area contributed by atoms with Crippen LogP contribution in [0.5, 0.6) is 0 Å². The number of amides is 1. The molecule has 1 fully saturated rings. The molecule has 138 valence electrons. The maximum atomic E-state index is 12.3. The zero-order chi connectivity index (χ0) is 18.6. The SMILES string of the molecule is Cc1nn(CC(C)C)c(Cl)c1C=CC(=O)NC1(C(=O)O)CCCCC1. The Bertz CT molecular complexity index is 673. The van der Waals surface area contributed by atoms with Crippen LogP contribution in [0.15, 0.2) is 6.08 Å². The lowest BCUT2D eigenvalue weighted by atomic mass is 9.81. The fourth-order valence-corrected chi connectivity index (χ4v) is 3.51. The molecule has 1 amide bonds. The minimum Gasteiger partial charge on any atom is -0.480 e. The molecule has 1 heterocycles. The normalized spacial score (nSPS) is 17.2. The minimum absolute atomic E-state index is 0.402. The summed E-state index contributed by atoms with van der Waals surface area (Å²) in [6, 6.07) is 0. The molecule has 1 saturated carbocycles. The van der Waals surface area contributed by atoms with Crippen LogP contribution in [0.4, 0.5) is 0 Å². The van der Waals surface area contributed by atoms with Crippen molar-refractivity contribution in [2.45, 2.75) is 65.0 Å². The van der Waals surface area contributed by atoms with Gasteiger partial charge in [-0.25, -0.2) is 4.79 Å². The Labute approximate surface area is 153 Å². The molecule has 1 aliphatic carbocycles. The highest BCUT2D eigenvalue weighted by atomic mass is 35.5. The molecule has 2 N–H and O–H groups in total. The number of nitrogens with one attached hydrogen (secondary N) is 1. The summed E-state index contributed by atoms with van der Waals surface area (Å²) in [5.41, 5.74) is 0.270. The number of aliphatic carboxylic acids is 1. The molecule has 6 nitrogen and oxygen atoms in total. The summed E-state index contributed by atoms with van der Waals surface area (Å²) in [7, 11) is 0. The lowest BCUT2D eigenvalue weighted by Gasteiger charge is -2.33. The number of aryl methyl sites for hydroxylation is 1.